The van der Waals surface area contributed by atoms with Crippen LogP contribution in [0.3, 0.4) is 0 Å². The van der Waals surface area contributed by atoms with Gasteiger partial charge in [0.2, 0.25) is 0 Å². The maximum Gasteiger partial charge on any atom is 0.200 e. The highest BCUT2D eigenvalue weighted by Gasteiger charge is 2.37. The Balaban J connectivity index is 1.73. The van der Waals surface area contributed by atoms with Crippen LogP contribution in [0.1, 0.15) is 83.4 Å². The van der Waals surface area contributed by atoms with Crippen LogP contribution in [0.15, 0.2) is 48.5 Å². The lowest BCUT2D eigenvalue weighted by molar-refractivity contribution is -0.108. The molecule has 0 N–H and O–H groups in total. The SMILES string of the molecule is CCCOC(CC1(CCC)CCc2ccccc2C1)Oc1ccc(CC(C)(C)C)cc1. The minimum atomic E-state index is -0.190. The van der Waals surface area contributed by atoms with Gasteiger partial charge in [0.1, 0.15) is 5.75 Å². The Morgan fingerprint density at radius 2 is 1.65 bits per heavy atom. The van der Waals surface area contributed by atoms with E-state index >= 15 is 0 Å². The maximum absolute atomic E-state index is 6.44. The molecule has 0 bridgehead atoms. The van der Waals surface area contributed by atoms with E-state index in [1.807, 2.05) is 0 Å². The second-order valence-electron chi connectivity index (χ2n) is 10.7. The number of ether oxygens (including phenoxy) is 2. The number of hydrogen-bond acceptors (Lipinski definition) is 2. The first-order chi connectivity index (χ1) is 14.8. The molecule has 31 heavy (non-hydrogen) atoms. The standard InChI is InChI=1S/C29H42O2/c1-6-17-29(18-16-24-10-8-9-11-25(24)21-29)22-27(30-19-7-2)31-26-14-12-23(13-15-26)20-28(3,4)5/h8-15,27H,6-7,16-22H2,1-5H3. The lowest BCUT2D eigenvalue weighted by atomic mass is 9.67. The Morgan fingerprint density at radius 1 is 0.935 bits per heavy atom. The first-order valence-corrected chi connectivity index (χ1v) is 12.3. The summed E-state index contributed by atoms with van der Waals surface area (Å²) in [6.07, 6.45) is 8.79. The van der Waals surface area contributed by atoms with Crippen molar-refractivity contribution in [3.8, 4) is 5.75 Å². The van der Waals surface area contributed by atoms with Crippen molar-refractivity contribution in [2.24, 2.45) is 10.8 Å². The molecule has 0 radical (unpaired) electrons. The van der Waals surface area contributed by atoms with Gasteiger partial charge in [-0.15, -0.1) is 0 Å². The molecule has 2 unspecified atom stereocenters. The van der Waals surface area contributed by atoms with E-state index in [4.69, 9.17) is 9.47 Å². The molecule has 1 aliphatic rings. The summed E-state index contributed by atoms with van der Waals surface area (Å²) >= 11 is 0. The Labute approximate surface area is 190 Å². The summed E-state index contributed by atoms with van der Waals surface area (Å²) in [6.45, 7) is 12.0. The Morgan fingerprint density at radius 3 is 2.29 bits per heavy atom. The molecule has 3 rings (SSSR count). The molecule has 0 spiro atoms. The van der Waals surface area contributed by atoms with Crippen molar-refractivity contribution in [3.63, 3.8) is 0 Å². The Kier molecular flexibility index (Phi) is 8.22. The smallest absolute Gasteiger partial charge is 0.200 e. The zero-order valence-electron chi connectivity index (χ0n) is 20.4. The van der Waals surface area contributed by atoms with Gasteiger partial charge in [-0.25, -0.2) is 0 Å². The van der Waals surface area contributed by atoms with Gasteiger partial charge in [-0.2, -0.15) is 0 Å². The lowest BCUT2D eigenvalue weighted by Gasteiger charge is -2.40. The molecule has 0 aliphatic heterocycles. The van der Waals surface area contributed by atoms with Crippen molar-refractivity contribution in [1.82, 2.24) is 0 Å². The fourth-order valence-electron chi connectivity index (χ4n) is 5.07. The third-order valence-electron chi connectivity index (χ3n) is 6.42. The molecule has 1 aliphatic carbocycles. The van der Waals surface area contributed by atoms with Crippen LogP contribution in [-0.2, 0) is 24.0 Å². The highest BCUT2D eigenvalue weighted by atomic mass is 16.7. The van der Waals surface area contributed by atoms with Gasteiger partial charge < -0.3 is 9.47 Å². The van der Waals surface area contributed by atoms with Crippen LogP contribution in [0.5, 0.6) is 5.75 Å². The molecule has 2 atom stereocenters. The summed E-state index contributed by atoms with van der Waals surface area (Å²) in [5, 5.41) is 0. The second kappa shape index (κ2) is 10.7. The molecule has 0 saturated heterocycles. The summed E-state index contributed by atoms with van der Waals surface area (Å²) in [5.74, 6) is 0.918. The van der Waals surface area contributed by atoms with Crippen molar-refractivity contribution in [3.05, 3.63) is 65.2 Å². The number of aryl methyl sites for hydroxylation is 1. The Bertz CT molecular complexity index is 802. The van der Waals surface area contributed by atoms with Crippen LogP contribution in [0.4, 0.5) is 0 Å². The van der Waals surface area contributed by atoms with E-state index in [0.717, 1.165) is 44.5 Å². The average molecular weight is 423 g/mol. The highest BCUT2D eigenvalue weighted by Crippen LogP contribution is 2.43. The quantitative estimate of drug-likeness (QED) is 0.364. The van der Waals surface area contributed by atoms with Crippen LogP contribution >= 0.6 is 0 Å². The predicted molar refractivity (Wildman–Crippen MR) is 131 cm³/mol. The minimum absolute atomic E-state index is 0.190. The average Bonchev–Trinajstić information content (AvgIpc) is 2.72. The summed E-state index contributed by atoms with van der Waals surface area (Å²) in [6, 6.07) is 17.6. The molecule has 0 heterocycles. The van der Waals surface area contributed by atoms with Crippen molar-refractivity contribution >= 4 is 0 Å². The predicted octanol–water partition coefficient (Wildman–Crippen LogP) is 7.77. The Hall–Kier alpha value is -1.80. The van der Waals surface area contributed by atoms with E-state index in [1.54, 1.807) is 0 Å². The van der Waals surface area contributed by atoms with E-state index in [0.29, 0.717) is 5.41 Å². The van der Waals surface area contributed by atoms with Gasteiger partial charge in [0.25, 0.3) is 0 Å². The van der Waals surface area contributed by atoms with Gasteiger partial charge >= 0.3 is 0 Å². The van der Waals surface area contributed by atoms with Gasteiger partial charge in [-0.3, -0.25) is 0 Å². The first-order valence-electron chi connectivity index (χ1n) is 12.3. The molecule has 0 fully saturated rings. The van der Waals surface area contributed by atoms with E-state index in [2.05, 4.69) is 83.1 Å². The topological polar surface area (TPSA) is 18.5 Å². The summed E-state index contributed by atoms with van der Waals surface area (Å²) in [7, 11) is 0. The van der Waals surface area contributed by atoms with Gasteiger partial charge in [-0.05, 0) is 78.2 Å². The summed E-state index contributed by atoms with van der Waals surface area (Å²) in [4.78, 5) is 0. The molecular weight excluding hydrogens is 380 g/mol. The van der Waals surface area contributed by atoms with Crippen molar-refractivity contribution < 1.29 is 9.47 Å². The third-order valence-corrected chi connectivity index (χ3v) is 6.42. The highest BCUT2D eigenvalue weighted by molar-refractivity contribution is 5.31. The first kappa shape index (κ1) is 23.9. The number of rotatable bonds is 10. The van der Waals surface area contributed by atoms with Crippen LogP contribution in [0.25, 0.3) is 0 Å². The van der Waals surface area contributed by atoms with Crippen molar-refractivity contribution in [2.75, 3.05) is 6.61 Å². The van der Waals surface area contributed by atoms with E-state index in [9.17, 15) is 0 Å². The van der Waals surface area contributed by atoms with Gasteiger partial charge in [-0.1, -0.05) is 77.4 Å². The number of hydrogen-bond donors (Lipinski definition) is 0. The molecule has 2 nitrogen and oxygen atoms in total. The summed E-state index contributed by atoms with van der Waals surface area (Å²) in [5.41, 5.74) is 4.95. The molecule has 0 amide bonds. The second-order valence-corrected chi connectivity index (χ2v) is 10.7. The molecule has 2 aromatic carbocycles. The van der Waals surface area contributed by atoms with Gasteiger partial charge in [0.05, 0.1) is 6.61 Å². The van der Waals surface area contributed by atoms with Crippen molar-refractivity contribution in [1.29, 1.82) is 0 Å². The third kappa shape index (κ3) is 7.10. The van der Waals surface area contributed by atoms with Crippen molar-refractivity contribution in [2.45, 2.75) is 92.3 Å². The zero-order valence-corrected chi connectivity index (χ0v) is 20.4. The number of fused-ring (bicyclic) bond motifs is 1. The lowest BCUT2D eigenvalue weighted by Crippen LogP contribution is -2.36. The van der Waals surface area contributed by atoms with Gasteiger partial charge in [0, 0.05) is 6.42 Å². The molecular formula is C29H42O2. The van der Waals surface area contributed by atoms with Crippen LogP contribution in [0.2, 0.25) is 0 Å². The monoisotopic (exact) mass is 422 g/mol. The molecule has 2 heteroatoms. The van der Waals surface area contributed by atoms with Crippen LogP contribution in [-0.4, -0.2) is 12.9 Å². The summed E-state index contributed by atoms with van der Waals surface area (Å²) < 4.78 is 12.7. The fraction of sp³-hybridized carbons (Fsp3) is 0.586. The molecule has 0 aromatic heterocycles. The van der Waals surface area contributed by atoms with E-state index in [-0.39, 0.29) is 11.7 Å². The maximum atomic E-state index is 6.44. The van der Waals surface area contributed by atoms with E-state index in [1.165, 1.54) is 36.0 Å². The van der Waals surface area contributed by atoms with Gasteiger partial charge in [0.15, 0.2) is 6.29 Å². The molecule has 0 saturated carbocycles. The largest absolute Gasteiger partial charge is 0.465 e. The molecule has 170 valence electrons. The minimum Gasteiger partial charge on any atom is -0.465 e. The normalized spacial score (nSPS) is 19.6. The fourth-order valence-corrected chi connectivity index (χ4v) is 5.07. The molecule has 2 aromatic rings. The number of benzene rings is 2. The van der Waals surface area contributed by atoms with Crippen LogP contribution in [0, 0.1) is 10.8 Å². The van der Waals surface area contributed by atoms with E-state index < -0.39 is 0 Å². The van der Waals surface area contributed by atoms with Crippen LogP contribution < -0.4 is 4.74 Å². The zero-order chi connectivity index (χ0) is 22.3.